The van der Waals surface area contributed by atoms with E-state index in [4.69, 9.17) is 21.7 Å². The molecule has 0 saturated carbocycles. The van der Waals surface area contributed by atoms with E-state index in [0.717, 1.165) is 11.3 Å². The molecule has 6 heteroatoms. The van der Waals surface area contributed by atoms with Crippen molar-refractivity contribution in [2.45, 2.75) is 6.54 Å². The van der Waals surface area contributed by atoms with Crippen molar-refractivity contribution >= 4 is 39.4 Å². The van der Waals surface area contributed by atoms with Gasteiger partial charge >= 0.3 is 0 Å². The van der Waals surface area contributed by atoms with Crippen LogP contribution in [-0.2, 0) is 6.54 Å². The maximum atomic E-state index is 7.45. The van der Waals surface area contributed by atoms with Gasteiger partial charge in [-0.05, 0) is 33.6 Å². The van der Waals surface area contributed by atoms with Crippen LogP contribution in [0.25, 0.3) is 0 Å². The third kappa shape index (κ3) is 3.29. The number of methoxy groups -OCH3 is 1. The first-order valence-electron chi connectivity index (χ1n) is 5.87. The highest BCUT2D eigenvalue weighted by molar-refractivity contribution is 9.10. The molecule has 0 unspecified atom stereocenters. The van der Waals surface area contributed by atoms with Crippen LogP contribution in [0.5, 0.6) is 5.75 Å². The lowest BCUT2D eigenvalue weighted by Crippen LogP contribution is -2.04. The molecule has 2 aromatic rings. The van der Waals surface area contributed by atoms with Crippen molar-refractivity contribution in [1.82, 2.24) is 4.98 Å². The van der Waals surface area contributed by atoms with Crippen molar-refractivity contribution in [2.75, 3.05) is 12.4 Å². The van der Waals surface area contributed by atoms with Gasteiger partial charge in [-0.3, -0.25) is 0 Å². The van der Waals surface area contributed by atoms with Crippen LogP contribution in [0.1, 0.15) is 11.1 Å². The van der Waals surface area contributed by atoms with Gasteiger partial charge in [0, 0.05) is 24.5 Å². The quantitative estimate of drug-likeness (QED) is 0.627. The van der Waals surface area contributed by atoms with Crippen LogP contribution in [-0.4, -0.2) is 18.3 Å². The number of rotatable bonds is 5. The third-order valence-electron chi connectivity index (χ3n) is 2.79. The Hall–Kier alpha value is -1.59. The SMILES string of the molecule is COc1ccc(CNc2c(Cl)cnc(Br)c2C=N)cc1. The molecule has 0 aliphatic carbocycles. The van der Waals surface area contributed by atoms with Crippen LogP contribution in [0.15, 0.2) is 35.1 Å². The monoisotopic (exact) mass is 353 g/mol. The van der Waals surface area contributed by atoms with Crippen molar-refractivity contribution in [1.29, 1.82) is 5.41 Å². The molecule has 0 saturated heterocycles. The Morgan fingerprint density at radius 1 is 1.40 bits per heavy atom. The summed E-state index contributed by atoms with van der Waals surface area (Å²) in [5.41, 5.74) is 2.41. The molecule has 0 atom stereocenters. The summed E-state index contributed by atoms with van der Waals surface area (Å²) in [5, 5.41) is 11.2. The van der Waals surface area contributed by atoms with E-state index in [1.807, 2.05) is 24.3 Å². The van der Waals surface area contributed by atoms with Crippen LogP contribution < -0.4 is 10.1 Å². The number of hydrogen-bond acceptors (Lipinski definition) is 4. The van der Waals surface area contributed by atoms with Crippen LogP contribution in [0, 0.1) is 5.41 Å². The maximum absolute atomic E-state index is 7.45. The fourth-order valence-electron chi connectivity index (χ4n) is 1.72. The Morgan fingerprint density at radius 2 is 2.10 bits per heavy atom. The summed E-state index contributed by atoms with van der Waals surface area (Å²) in [6.45, 7) is 0.598. The zero-order valence-corrected chi connectivity index (χ0v) is 13.1. The highest BCUT2D eigenvalue weighted by atomic mass is 79.9. The highest BCUT2D eigenvalue weighted by Crippen LogP contribution is 2.29. The van der Waals surface area contributed by atoms with E-state index >= 15 is 0 Å². The Kier molecular flexibility index (Phi) is 4.98. The third-order valence-corrected chi connectivity index (χ3v) is 3.71. The van der Waals surface area contributed by atoms with E-state index in [1.165, 1.54) is 6.21 Å². The second kappa shape index (κ2) is 6.72. The summed E-state index contributed by atoms with van der Waals surface area (Å²) in [5.74, 6) is 0.818. The summed E-state index contributed by atoms with van der Waals surface area (Å²) in [6, 6.07) is 7.75. The minimum atomic E-state index is 0.486. The maximum Gasteiger partial charge on any atom is 0.118 e. The lowest BCUT2D eigenvalue weighted by atomic mass is 10.2. The molecule has 0 aliphatic heterocycles. The standard InChI is InChI=1S/C14H13BrClN3O/c1-20-10-4-2-9(3-5-10)7-18-13-11(6-17)14(15)19-8-12(13)16/h2-6,8,17H,7H2,1H3,(H,18,19). The number of aromatic nitrogens is 1. The molecule has 0 radical (unpaired) electrons. The zero-order valence-electron chi connectivity index (χ0n) is 10.8. The van der Waals surface area contributed by atoms with Crippen LogP contribution in [0.3, 0.4) is 0 Å². The summed E-state index contributed by atoms with van der Waals surface area (Å²) >= 11 is 9.43. The largest absolute Gasteiger partial charge is 0.497 e. The number of nitrogens with one attached hydrogen (secondary N) is 2. The average molecular weight is 355 g/mol. The molecular weight excluding hydrogens is 342 g/mol. The van der Waals surface area contributed by atoms with E-state index in [0.29, 0.717) is 27.4 Å². The van der Waals surface area contributed by atoms with Crippen LogP contribution in [0.2, 0.25) is 5.02 Å². The predicted molar refractivity (Wildman–Crippen MR) is 85.2 cm³/mol. The molecule has 20 heavy (non-hydrogen) atoms. The van der Waals surface area contributed by atoms with E-state index in [1.54, 1.807) is 13.3 Å². The van der Waals surface area contributed by atoms with Crippen molar-refractivity contribution in [3.8, 4) is 5.75 Å². The van der Waals surface area contributed by atoms with Gasteiger partial charge in [-0.15, -0.1) is 0 Å². The first kappa shape index (κ1) is 14.8. The molecule has 104 valence electrons. The summed E-state index contributed by atoms with van der Waals surface area (Å²) in [7, 11) is 1.64. The topological polar surface area (TPSA) is 58.0 Å². The fraction of sp³-hybridized carbons (Fsp3) is 0.143. The molecule has 1 aromatic carbocycles. The van der Waals surface area contributed by atoms with Gasteiger partial charge in [0.05, 0.1) is 17.8 Å². The lowest BCUT2D eigenvalue weighted by Gasteiger charge is -2.12. The zero-order chi connectivity index (χ0) is 14.5. The molecule has 0 fully saturated rings. The van der Waals surface area contributed by atoms with Gasteiger partial charge in [-0.1, -0.05) is 23.7 Å². The van der Waals surface area contributed by atoms with Gasteiger partial charge in [0.15, 0.2) is 0 Å². The Labute approximate surface area is 130 Å². The van der Waals surface area contributed by atoms with Crippen molar-refractivity contribution in [3.63, 3.8) is 0 Å². The number of pyridine rings is 1. The van der Waals surface area contributed by atoms with E-state index in [2.05, 4.69) is 26.2 Å². The van der Waals surface area contributed by atoms with Gasteiger partial charge in [0.25, 0.3) is 0 Å². The highest BCUT2D eigenvalue weighted by Gasteiger charge is 2.10. The van der Waals surface area contributed by atoms with Crippen molar-refractivity contribution in [3.05, 3.63) is 51.2 Å². The minimum Gasteiger partial charge on any atom is -0.497 e. The smallest absolute Gasteiger partial charge is 0.118 e. The van der Waals surface area contributed by atoms with Crippen molar-refractivity contribution in [2.24, 2.45) is 0 Å². The summed E-state index contributed by atoms with van der Waals surface area (Å²) in [4.78, 5) is 4.06. The molecular formula is C14H13BrClN3O. The molecule has 4 nitrogen and oxygen atoms in total. The molecule has 0 bridgehead atoms. The van der Waals surface area contributed by atoms with Crippen molar-refractivity contribution < 1.29 is 4.74 Å². The minimum absolute atomic E-state index is 0.486. The first-order chi connectivity index (χ1) is 9.65. The Balaban J connectivity index is 2.17. The van der Waals surface area contributed by atoms with Crippen LogP contribution >= 0.6 is 27.5 Å². The Bertz CT molecular complexity index is 617. The normalized spacial score (nSPS) is 10.2. The molecule has 1 aromatic heterocycles. The molecule has 0 aliphatic rings. The summed E-state index contributed by atoms with van der Waals surface area (Å²) < 4.78 is 5.71. The fourth-order valence-corrected chi connectivity index (χ4v) is 2.36. The van der Waals surface area contributed by atoms with Gasteiger partial charge in [0.2, 0.25) is 0 Å². The molecule has 0 amide bonds. The molecule has 1 heterocycles. The number of nitrogens with zero attached hydrogens (tertiary/aromatic N) is 1. The van der Waals surface area contributed by atoms with Gasteiger partial charge < -0.3 is 15.5 Å². The second-order valence-electron chi connectivity index (χ2n) is 4.03. The second-order valence-corrected chi connectivity index (χ2v) is 5.19. The number of ether oxygens (including phenoxy) is 1. The lowest BCUT2D eigenvalue weighted by molar-refractivity contribution is 0.414. The number of benzene rings is 1. The number of anilines is 1. The van der Waals surface area contributed by atoms with E-state index in [-0.39, 0.29) is 0 Å². The summed E-state index contributed by atoms with van der Waals surface area (Å²) in [6.07, 6.45) is 2.77. The van der Waals surface area contributed by atoms with Gasteiger partial charge in [0.1, 0.15) is 10.4 Å². The van der Waals surface area contributed by atoms with Crippen LogP contribution in [0.4, 0.5) is 5.69 Å². The predicted octanol–water partition coefficient (Wildman–Crippen LogP) is 4.12. The molecule has 2 rings (SSSR count). The van der Waals surface area contributed by atoms with Gasteiger partial charge in [-0.2, -0.15) is 0 Å². The first-order valence-corrected chi connectivity index (χ1v) is 7.04. The number of hydrogen-bond donors (Lipinski definition) is 2. The van der Waals surface area contributed by atoms with Gasteiger partial charge in [-0.25, -0.2) is 4.98 Å². The van der Waals surface area contributed by atoms with E-state index < -0.39 is 0 Å². The number of halogens is 2. The average Bonchev–Trinajstić information content (AvgIpc) is 2.48. The molecule has 0 spiro atoms. The molecule has 2 N–H and O–H groups in total. The Morgan fingerprint density at radius 3 is 2.70 bits per heavy atom. The van der Waals surface area contributed by atoms with E-state index in [9.17, 15) is 0 Å².